The lowest BCUT2D eigenvalue weighted by atomic mass is 10.2. The molecule has 0 unspecified atom stereocenters. The highest BCUT2D eigenvalue weighted by molar-refractivity contribution is 5.63. The number of morpholine rings is 1. The highest BCUT2D eigenvalue weighted by atomic mass is 16.5. The van der Waals surface area contributed by atoms with E-state index in [-0.39, 0.29) is 18.2 Å². The number of primary amides is 1. The van der Waals surface area contributed by atoms with Crippen LogP contribution in [0, 0.1) is 7.05 Å². The Balaban J connectivity index is 2.49. The first-order chi connectivity index (χ1) is 5.63. The van der Waals surface area contributed by atoms with Gasteiger partial charge in [0, 0.05) is 0 Å². The number of nitrogens with two attached hydrogens (primary N) is 1. The molecule has 1 aliphatic rings. The van der Waals surface area contributed by atoms with Gasteiger partial charge in [0.2, 0.25) is 0 Å². The predicted molar refractivity (Wildman–Crippen MR) is 44.3 cm³/mol. The maximum atomic E-state index is 11.2. The molecule has 0 aromatic rings. The van der Waals surface area contributed by atoms with Crippen LogP contribution in [0.2, 0.25) is 0 Å². The quantitative estimate of drug-likeness (QED) is 0.504. The third kappa shape index (κ3) is 2.19. The molecule has 0 aromatic carbocycles. The van der Waals surface area contributed by atoms with E-state index in [9.17, 15) is 4.79 Å². The summed E-state index contributed by atoms with van der Waals surface area (Å²) in [5.41, 5.74) is 0. The zero-order valence-electron chi connectivity index (χ0n) is 7.62. The normalized spacial score (nSPS) is 30.4. The van der Waals surface area contributed by atoms with Gasteiger partial charge in [-0.25, -0.2) is 4.79 Å². The average molecular weight is 172 g/mol. The van der Waals surface area contributed by atoms with Gasteiger partial charge in [-0.05, 0) is 13.8 Å². The molecule has 0 saturated carbocycles. The van der Waals surface area contributed by atoms with Crippen molar-refractivity contribution in [3.8, 4) is 0 Å². The van der Waals surface area contributed by atoms with E-state index in [2.05, 4.69) is 7.05 Å². The number of urea groups is 1. The van der Waals surface area contributed by atoms with Gasteiger partial charge < -0.3 is 10.1 Å². The smallest absolute Gasteiger partial charge is 0.389 e. The number of carbonyl (C=O) groups is 1. The standard InChI is InChI=1S/C8H16N2O2/c1-6-4-10(8(11)9-3)5-7(2)12-6/h6-7H,3-5,9H2,1-2H3/t6-,7-/m0/s1. The second-order valence-corrected chi connectivity index (χ2v) is 3.20. The molecular weight excluding hydrogens is 156 g/mol. The van der Waals surface area contributed by atoms with E-state index in [4.69, 9.17) is 4.74 Å². The molecule has 2 amide bonds. The molecule has 0 spiro atoms. The lowest BCUT2D eigenvalue weighted by Crippen LogP contribution is -2.85. The van der Waals surface area contributed by atoms with Crippen LogP contribution in [0.25, 0.3) is 0 Å². The summed E-state index contributed by atoms with van der Waals surface area (Å²) in [5.74, 6) is 0. The van der Waals surface area contributed by atoms with Crippen molar-refractivity contribution in [1.82, 2.24) is 4.90 Å². The summed E-state index contributed by atoms with van der Waals surface area (Å²) in [4.78, 5) is 13.0. The number of rotatable bonds is 0. The monoisotopic (exact) mass is 172 g/mol. The number of ether oxygens (including phenoxy) is 1. The molecule has 1 heterocycles. The van der Waals surface area contributed by atoms with Crippen molar-refractivity contribution < 1.29 is 14.8 Å². The average Bonchev–Trinajstić information content (AvgIpc) is 2.01. The summed E-state index contributed by atoms with van der Waals surface area (Å²) in [5, 5.41) is 1.35. The van der Waals surface area contributed by atoms with Crippen molar-refractivity contribution in [2.45, 2.75) is 26.1 Å². The first kappa shape index (κ1) is 9.48. The second-order valence-electron chi connectivity index (χ2n) is 3.20. The summed E-state index contributed by atoms with van der Waals surface area (Å²) in [6.07, 6.45) is 0.273. The first-order valence-corrected chi connectivity index (χ1v) is 4.20. The fourth-order valence-corrected chi connectivity index (χ4v) is 1.49. The molecule has 2 atom stereocenters. The van der Waals surface area contributed by atoms with E-state index in [1.807, 2.05) is 13.8 Å². The largest absolute Gasteiger partial charge is 0.395 e. The van der Waals surface area contributed by atoms with E-state index in [1.165, 1.54) is 5.32 Å². The first-order valence-electron chi connectivity index (χ1n) is 4.20. The van der Waals surface area contributed by atoms with Crippen LogP contribution in [0.3, 0.4) is 0 Å². The number of carbonyl (C=O) groups excluding carboxylic acids is 1. The van der Waals surface area contributed by atoms with Crippen LogP contribution in [-0.2, 0) is 4.74 Å². The molecule has 0 aromatic heterocycles. The van der Waals surface area contributed by atoms with Gasteiger partial charge >= 0.3 is 6.03 Å². The Kier molecular flexibility index (Phi) is 3.05. The molecule has 4 nitrogen and oxygen atoms in total. The summed E-state index contributed by atoms with van der Waals surface area (Å²) in [6, 6.07) is -0.00278. The van der Waals surface area contributed by atoms with Gasteiger partial charge in [-0.15, -0.1) is 7.05 Å². The van der Waals surface area contributed by atoms with Crippen LogP contribution in [0.15, 0.2) is 0 Å². The van der Waals surface area contributed by atoms with Crippen LogP contribution in [0.1, 0.15) is 13.8 Å². The van der Waals surface area contributed by atoms with Crippen LogP contribution in [0.4, 0.5) is 4.79 Å². The molecule has 4 heteroatoms. The Bertz CT molecular complexity index is 162. The van der Waals surface area contributed by atoms with Crippen molar-refractivity contribution in [1.29, 1.82) is 0 Å². The summed E-state index contributed by atoms with van der Waals surface area (Å²) < 4.78 is 5.48. The van der Waals surface area contributed by atoms with Crippen LogP contribution >= 0.6 is 0 Å². The van der Waals surface area contributed by atoms with Gasteiger partial charge in [0.25, 0.3) is 0 Å². The number of hydrogen-bond donors (Lipinski definition) is 1. The van der Waals surface area contributed by atoms with Crippen molar-refractivity contribution in [3.63, 3.8) is 0 Å². The summed E-state index contributed by atoms with van der Waals surface area (Å²) >= 11 is 0. The lowest BCUT2D eigenvalue weighted by molar-refractivity contribution is -0.499. The molecule has 1 aliphatic heterocycles. The zero-order valence-corrected chi connectivity index (χ0v) is 7.62. The Morgan fingerprint density at radius 2 is 2.00 bits per heavy atom. The molecule has 1 fully saturated rings. The van der Waals surface area contributed by atoms with Crippen molar-refractivity contribution >= 4 is 6.03 Å². The fourth-order valence-electron chi connectivity index (χ4n) is 1.49. The maximum Gasteiger partial charge on any atom is 0.389 e. The number of amides is 2. The highest BCUT2D eigenvalue weighted by Crippen LogP contribution is 2.09. The minimum absolute atomic E-state index is 0.00278. The predicted octanol–water partition coefficient (Wildman–Crippen LogP) is -0.429. The molecular formula is C8H16N2O2. The number of nitrogens with zero attached hydrogens (tertiary/aromatic N) is 1. The van der Waals surface area contributed by atoms with Crippen molar-refractivity contribution in [3.05, 3.63) is 7.05 Å². The van der Waals surface area contributed by atoms with Gasteiger partial charge in [0.05, 0.1) is 25.3 Å². The lowest BCUT2D eigenvalue weighted by Gasteiger charge is -2.33. The van der Waals surface area contributed by atoms with Crippen molar-refractivity contribution in [2.75, 3.05) is 13.1 Å². The van der Waals surface area contributed by atoms with E-state index in [0.29, 0.717) is 13.1 Å². The number of quaternary nitrogens is 1. The van der Waals surface area contributed by atoms with Crippen LogP contribution in [-0.4, -0.2) is 36.2 Å². The SMILES string of the molecule is [CH2-][NH2+]C(=O)N1C[C@H](C)O[C@@H](C)C1. The van der Waals surface area contributed by atoms with Gasteiger partial charge in [-0.3, -0.25) is 4.90 Å². The molecule has 12 heavy (non-hydrogen) atoms. The molecule has 0 aliphatic carbocycles. The van der Waals surface area contributed by atoms with E-state index >= 15 is 0 Å². The maximum absolute atomic E-state index is 11.2. The Morgan fingerprint density at radius 1 is 1.50 bits per heavy atom. The third-order valence-corrected chi connectivity index (χ3v) is 1.91. The molecule has 0 radical (unpaired) electrons. The summed E-state index contributed by atoms with van der Waals surface area (Å²) in [7, 11) is 3.45. The highest BCUT2D eigenvalue weighted by Gasteiger charge is 2.26. The Morgan fingerprint density at radius 3 is 2.42 bits per heavy atom. The summed E-state index contributed by atoms with van der Waals surface area (Å²) in [6.45, 7) is 5.29. The Labute approximate surface area is 72.9 Å². The molecule has 2 N–H and O–H groups in total. The van der Waals surface area contributed by atoms with Crippen LogP contribution in [0.5, 0.6) is 0 Å². The topological polar surface area (TPSA) is 46.2 Å². The van der Waals surface area contributed by atoms with E-state index < -0.39 is 0 Å². The fraction of sp³-hybridized carbons (Fsp3) is 0.750. The minimum Gasteiger partial charge on any atom is -0.395 e. The van der Waals surface area contributed by atoms with Crippen LogP contribution < -0.4 is 5.32 Å². The molecule has 0 bridgehead atoms. The van der Waals surface area contributed by atoms with Gasteiger partial charge in [0.15, 0.2) is 0 Å². The molecule has 1 rings (SSSR count). The van der Waals surface area contributed by atoms with Gasteiger partial charge in [-0.1, -0.05) is 0 Å². The molecule has 1 saturated heterocycles. The van der Waals surface area contributed by atoms with E-state index in [0.717, 1.165) is 0 Å². The number of hydrogen-bond acceptors (Lipinski definition) is 2. The van der Waals surface area contributed by atoms with E-state index in [1.54, 1.807) is 4.90 Å². The Hall–Kier alpha value is -0.610. The minimum atomic E-state index is -0.00278. The van der Waals surface area contributed by atoms with Crippen molar-refractivity contribution in [2.24, 2.45) is 0 Å². The molecule has 70 valence electrons. The zero-order chi connectivity index (χ0) is 9.14. The third-order valence-electron chi connectivity index (χ3n) is 1.91. The van der Waals surface area contributed by atoms with Gasteiger partial charge in [-0.2, -0.15) is 0 Å². The second kappa shape index (κ2) is 3.87. The van der Waals surface area contributed by atoms with Gasteiger partial charge in [0.1, 0.15) is 0 Å².